The maximum Gasteiger partial charge on any atom is 0.210 e. The Morgan fingerprint density at radius 2 is 1.93 bits per heavy atom. The summed E-state index contributed by atoms with van der Waals surface area (Å²) in [6.07, 6.45) is 2.14. The SMILES string of the molecule is CCCc1nc(CSc2nnc(COc3ccc(C(C)(C)C)cc3)n2N)cs1. The van der Waals surface area contributed by atoms with E-state index in [9.17, 15) is 0 Å². The molecule has 2 heterocycles. The summed E-state index contributed by atoms with van der Waals surface area (Å²) in [7, 11) is 0. The van der Waals surface area contributed by atoms with E-state index < -0.39 is 0 Å². The molecule has 0 aliphatic heterocycles. The predicted molar refractivity (Wildman–Crippen MR) is 115 cm³/mol. The first kappa shape index (κ1) is 20.7. The van der Waals surface area contributed by atoms with Crippen LogP contribution in [-0.4, -0.2) is 19.9 Å². The van der Waals surface area contributed by atoms with Crippen molar-refractivity contribution in [1.29, 1.82) is 0 Å². The average molecular weight is 418 g/mol. The van der Waals surface area contributed by atoms with Crippen LogP contribution in [0.15, 0.2) is 34.8 Å². The van der Waals surface area contributed by atoms with E-state index in [1.54, 1.807) is 11.3 Å². The van der Waals surface area contributed by atoms with Crippen molar-refractivity contribution in [2.45, 2.75) is 63.5 Å². The van der Waals surface area contributed by atoms with Gasteiger partial charge in [0.15, 0.2) is 5.82 Å². The maximum absolute atomic E-state index is 6.14. The molecule has 28 heavy (non-hydrogen) atoms. The first-order chi connectivity index (χ1) is 13.4. The van der Waals surface area contributed by atoms with Crippen LogP contribution in [0.1, 0.15) is 56.2 Å². The molecule has 0 saturated carbocycles. The van der Waals surface area contributed by atoms with Gasteiger partial charge in [-0.05, 0) is 36.0 Å². The summed E-state index contributed by atoms with van der Waals surface area (Å²) in [5, 5.41) is 12.3. The molecular formula is C20H27N5OS2. The van der Waals surface area contributed by atoms with Crippen LogP contribution in [0.2, 0.25) is 0 Å². The van der Waals surface area contributed by atoms with E-state index in [4.69, 9.17) is 10.6 Å². The van der Waals surface area contributed by atoms with Gasteiger partial charge in [0.2, 0.25) is 5.16 Å². The van der Waals surface area contributed by atoms with Gasteiger partial charge in [-0.2, -0.15) is 0 Å². The Balaban J connectivity index is 1.55. The average Bonchev–Trinajstić information content (AvgIpc) is 3.25. The van der Waals surface area contributed by atoms with Crippen LogP contribution < -0.4 is 10.6 Å². The Labute approximate surface area is 174 Å². The molecule has 8 heteroatoms. The van der Waals surface area contributed by atoms with Crippen LogP contribution >= 0.6 is 23.1 Å². The quantitative estimate of drug-likeness (QED) is 0.427. The summed E-state index contributed by atoms with van der Waals surface area (Å²) in [5.41, 5.74) is 2.44. The van der Waals surface area contributed by atoms with E-state index in [1.165, 1.54) is 27.0 Å². The standard InChI is InChI=1S/C20H27N5OS2/c1-5-6-18-22-15(12-27-18)13-28-19-24-23-17(25(19)21)11-26-16-9-7-14(8-10-16)20(2,3)4/h7-10,12H,5-6,11,13,21H2,1-4H3. The summed E-state index contributed by atoms with van der Waals surface area (Å²) in [6.45, 7) is 9.01. The molecule has 0 aliphatic rings. The highest BCUT2D eigenvalue weighted by molar-refractivity contribution is 7.98. The van der Waals surface area contributed by atoms with Gasteiger partial charge in [-0.15, -0.1) is 21.5 Å². The zero-order chi connectivity index (χ0) is 20.1. The summed E-state index contributed by atoms with van der Waals surface area (Å²) in [4.78, 5) is 4.63. The smallest absolute Gasteiger partial charge is 0.210 e. The highest BCUT2D eigenvalue weighted by atomic mass is 32.2. The number of thiazole rings is 1. The topological polar surface area (TPSA) is 78.9 Å². The number of hydrogen-bond acceptors (Lipinski definition) is 7. The Kier molecular flexibility index (Phi) is 6.61. The molecule has 0 fully saturated rings. The molecule has 1 aromatic carbocycles. The number of ether oxygens (including phenoxy) is 1. The molecule has 0 saturated heterocycles. The molecule has 2 aromatic heterocycles. The second-order valence-corrected chi connectivity index (χ2v) is 9.49. The molecule has 0 radical (unpaired) electrons. The number of benzene rings is 1. The Morgan fingerprint density at radius 3 is 2.61 bits per heavy atom. The number of nitrogens with zero attached hydrogens (tertiary/aromatic N) is 4. The Hall–Kier alpha value is -2.06. The molecular weight excluding hydrogens is 390 g/mol. The van der Waals surface area contributed by atoms with Crippen molar-refractivity contribution >= 4 is 23.1 Å². The molecule has 6 nitrogen and oxygen atoms in total. The van der Waals surface area contributed by atoms with Crippen LogP contribution in [0, 0.1) is 0 Å². The second kappa shape index (κ2) is 8.96. The first-order valence-electron chi connectivity index (χ1n) is 9.35. The summed E-state index contributed by atoms with van der Waals surface area (Å²) >= 11 is 3.24. The van der Waals surface area contributed by atoms with Gasteiger partial charge in [0.1, 0.15) is 12.4 Å². The van der Waals surface area contributed by atoms with E-state index in [-0.39, 0.29) is 12.0 Å². The number of rotatable bonds is 8. The monoisotopic (exact) mass is 417 g/mol. The lowest BCUT2D eigenvalue weighted by molar-refractivity contribution is 0.291. The first-order valence-corrected chi connectivity index (χ1v) is 11.2. The molecule has 3 aromatic rings. The predicted octanol–water partition coefficient (Wildman–Crippen LogP) is 4.57. The Morgan fingerprint density at radius 1 is 1.18 bits per heavy atom. The molecule has 2 N–H and O–H groups in total. The van der Waals surface area contributed by atoms with Gasteiger partial charge in [-0.3, -0.25) is 0 Å². The second-order valence-electron chi connectivity index (χ2n) is 7.60. The van der Waals surface area contributed by atoms with Gasteiger partial charge in [-0.25, -0.2) is 9.66 Å². The van der Waals surface area contributed by atoms with Gasteiger partial charge in [0.05, 0.1) is 10.7 Å². The molecule has 0 amide bonds. The number of nitrogens with two attached hydrogens (primary N) is 1. The van der Waals surface area contributed by atoms with E-state index in [2.05, 4.69) is 60.4 Å². The number of nitrogen functional groups attached to an aromatic ring is 1. The largest absolute Gasteiger partial charge is 0.486 e. The van der Waals surface area contributed by atoms with Crippen molar-refractivity contribution in [3.63, 3.8) is 0 Å². The third-order valence-electron chi connectivity index (χ3n) is 4.24. The number of hydrogen-bond donors (Lipinski definition) is 1. The summed E-state index contributed by atoms with van der Waals surface area (Å²) in [5.74, 6) is 8.24. The van der Waals surface area contributed by atoms with Gasteiger partial charge in [-0.1, -0.05) is 51.6 Å². The van der Waals surface area contributed by atoms with E-state index >= 15 is 0 Å². The minimum atomic E-state index is 0.122. The van der Waals surface area contributed by atoms with E-state index in [0.717, 1.165) is 30.0 Å². The van der Waals surface area contributed by atoms with Gasteiger partial charge in [0.25, 0.3) is 0 Å². The molecule has 0 atom stereocenters. The lowest BCUT2D eigenvalue weighted by Crippen LogP contribution is -2.16. The number of thioether (sulfide) groups is 1. The molecule has 0 unspecified atom stereocenters. The van der Waals surface area contributed by atoms with Crippen molar-refractivity contribution < 1.29 is 4.74 Å². The Bertz CT molecular complexity index is 896. The van der Waals surface area contributed by atoms with E-state index in [1.807, 2.05) is 12.1 Å². The van der Waals surface area contributed by atoms with Crippen LogP contribution in [-0.2, 0) is 24.2 Å². The fourth-order valence-electron chi connectivity index (χ4n) is 2.59. The summed E-state index contributed by atoms with van der Waals surface area (Å²) in [6, 6.07) is 8.13. The minimum absolute atomic E-state index is 0.122. The molecule has 150 valence electrons. The van der Waals surface area contributed by atoms with E-state index in [0.29, 0.717) is 11.0 Å². The lowest BCUT2D eigenvalue weighted by atomic mass is 9.87. The molecule has 0 aliphatic carbocycles. The molecule has 0 spiro atoms. The van der Waals surface area contributed by atoms with Crippen molar-refractivity contribution in [3.8, 4) is 5.75 Å². The van der Waals surface area contributed by atoms with Crippen molar-refractivity contribution in [1.82, 2.24) is 19.9 Å². The highest BCUT2D eigenvalue weighted by Crippen LogP contribution is 2.25. The van der Waals surface area contributed by atoms with Crippen LogP contribution in [0.4, 0.5) is 0 Å². The number of aromatic nitrogens is 4. The van der Waals surface area contributed by atoms with Crippen LogP contribution in [0.5, 0.6) is 5.75 Å². The van der Waals surface area contributed by atoms with Gasteiger partial charge < -0.3 is 10.6 Å². The third-order valence-corrected chi connectivity index (χ3v) is 6.17. The van der Waals surface area contributed by atoms with Gasteiger partial charge >= 0.3 is 0 Å². The normalized spacial score (nSPS) is 11.7. The fourth-order valence-corrected chi connectivity index (χ4v) is 4.36. The van der Waals surface area contributed by atoms with Crippen molar-refractivity contribution in [3.05, 3.63) is 51.7 Å². The minimum Gasteiger partial charge on any atom is -0.486 e. The van der Waals surface area contributed by atoms with Gasteiger partial charge in [0, 0.05) is 11.1 Å². The zero-order valence-electron chi connectivity index (χ0n) is 16.8. The third kappa shape index (κ3) is 5.26. The lowest BCUT2D eigenvalue weighted by Gasteiger charge is -2.19. The summed E-state index contributed by atoms with van der Waals surface area (Å²) < 4.78 is 7.32. The number of aryl methyl sites for hydroxylation is 1. The van der Waals surface area contributed by atoms with Crippen LogP contribution in [0.25, 0.3) is 0 Å². The zero-order valence-corrected chi connectivity index (χ0v) is 18.4. The van der Waals surface area contributed by atoms with Crippen molar-refractivity contribution in [2.24, 2.45) is 0 Å². The van der Waals surface area contributed by atoms with Crippen LogP contribution in [0.3, 0.4) is 0 Å². The highest BCUT2D eigenvalue weighted by Gasteiger charge is 2.14. The fraction of sp³-hybridized carbons (Fsp3) is 0.450. The van der Waals surface area contributed by atoms with Crippen molar-refractivity contribution in [2.75, 3.05) is 5.84 Å². The maximum atomic E-state index is 6.14. The molecule has 3 rings (SSSR count). The molecule has 0 bridgehead atoms.